The Morgan fingerprint density at radius 3 is 2.60 bits per heavy atom. The number of ether oxygens (including phenoxy) is 1. The van der Waals surface area contributed by atoms with Crippen LogP contribution in [-0.4, -0.2) is 22.1 Å². The van der Waals surface area contributed by atoms with Gasteiger partial charge in [0.15, 0.2) is 0 Å². The number of fused-ring (bicyclic) bond motifs is 1. The van der Waals surface area contributed by atoms with E-state index in [2.05, 4.69) is 54.9 Å². The number of nitrogens with zero attached hydrogens (tertiary/aromatic N) is 2. The molecule has 6 heteroatoms. The minimum Gasteiger partial charge on any atom is -0.493 e. The zero-order valence-corrected chi connectivity index (χ0v) is 21.3. The monoisotopic (exact) mass is 489 g/mol. The van der Waals surface area contributed by atoms with Crippen molar-refractivity contribution in [1.82, 2.24) is 14.9 Å². The number of carbonyl (C=O) groups excluding carboxylic acids is 1. The first-order valence-corrected chi connectivity index (χ1v) is 12.5. The summed E-state index contributed by atoms with van der Waals surface area (Å²) in [5, 5.41) is 3.60. The van der Waals surface area contributed by atoms with Gasteiger partial charge < -0.3 is 14.6 Å². The molecule has 1 heterocycles. The number of rotatable bonds is 10. The lowest BCUT2D eigenvalue weighted by molar-refractivity contribution is 0.0949. The number of imidazole rings is 1. The summed E-state index contributed by atoms with van der Waals surface area (Å²) in [5.41, 5.74) is 5.03. The van der Waals surface area contributed by atoms with Crippen LogP contribution in [0.15, 0.2) is 66.7 Å². The van der Waals surface area contributed by atoms with Crippen LogP contribution in [0, 0.1) is 6.92 Å². The van der Waals surface area contributed by atoms with E-state index in [-0.39, 0.29) is 5.91 Å². The highest BCUT2D eigenvalue weighted by molar-refractivity contribution is 6.30. The summed E-state index contributed by atoms with van der Waals surface area (Å²) in [6.45, 7) is 8.30. The predicted molar refractivity (Wildman–Crippen MR) is 142 cm³/mol. The van der Waals surface area contributed by atoms with Crippen molar-refractivity contribution in [3.63, 3.8) is 0 Å². The number of benzene rings is 3. The maximum Gasteiger partial charge on any atom is 0.251 e. The fourth-order valence-corrected chi connectivity index (χ4v) is 4.30. The second-order valence-electron chi connectivity index (χ2n) is 9.11. The summed E-state index contributed by atoms with van der Waals surface area (Å²) in [5.74, 6) is 2.11. The van der Waals surface area contributed by atoms with Crippen LogP contribution in [-0.2, 0) is 13.1 Å². The molecule has 5 nitrogen and oxygen atoms in total. The molecule has 0 fully saturated rings. The van der Waals surface area contributed by atoms with Crippen molar-refractivity contribution in [3.8, 4) is 5.75 Å². The molecule has 0 aliphatic carbocycles. The highest BCUT2D eigenvalue weighted by atomic mass is 35.5. The van der Waals surface area contributed by atoms with Gasteiger partial charge in [-0.15, -0.1) is 0 Å². The van der Waals surface area contributed by atoms with E-state index in [1.54, 1.807) is 24.3 Å². The Hall–Kier alpha value is -3.31. The van der Waals surface area contributed by atoms with Gasteiger partial charge in [0.2, 0.25) is 0 Å². The average Bonchev–Trinajstić information content (AvgIpc) is 3.20. The van der Waals surface area contributed by atoms with Crippen molar-refractivity contribution < 1.29 is 9.53 Å². The van der Waals surface area contributed by atoms with Crippen LogP contribution < -0.4 is 10.1 Å². The molecule has 0 unspecified atom stereocenters. The Balaban J connectivity index is 1.38. The number of unbranched alkanes of at least 4 members (excludes halogenated alkanes) is 1. The summed E-state index contributed by atoms with van der Waals surface area (Å²) in [4.78, 5) is 17.4. The van der Waals surface area contributed by atoms with Crippen molar-refractivity contribution in [3.05, 3.63) is 94.3 Å². The Labute approximate surface area is 212 Å². The van der Waals surface area contributed by atoms with Crippen LogP contribution in [0.25, 0.3) is 11.0 Å². The molecule has 0 atom stereocenters. The third kappa shape index (κ3) is 6.23. The Kier molecular flexibility index (Phi) is 8.09. The van der Waals surface area contributed by atoms with E-state index >= 15 is 0 Å². The van der Waals surface area contributed by atoms with Crippen LogP contribution in [0.2, 0.25) is 5.02 Å². The highest BCUT2D eigenvalue weighted by Gasteiger charge is 2.13. The lowest BCUT2D eigenvalue weighted by Crippen LogP contribution is -2.24. The molecule has 4 rings (SSSR count). The number of nitrogens with one attached hydrogen (secondary N) is 1. The lowest BCUT2D eigenvalue weighted by atomic mass is 10.0. The molecule has 1 N–H and O–H groups in total. The van der Waals surface area contributed by atoms with E-state index in [0.717, 1.165) is 42.0 Å². The summed E-state index contributed by atoms with van der Waals surface area (Å²) in [6, 6.07) is 21.4. The summed E-state index contributed by atoms with van der Waals surface area (Å²) in [6.07, 6.45) is 1.87. The molecule has 0 radical (unpaired) electrons. The van der Waals surface area contributed by atoms with Crippen molar-refractivity contribution >= 4 is 28.5 Å². The topological polar surface area (TPSA) is 56.1 Å². The Morgan fingerprint density at radius 2 is 1.83 bits per heavy atom. The third-order valence-electron chi connectivity index (χ3n) is 6.07. The molecule has 4 aromatic rings. The summed E-state index contributed by atoms with van der Waals surface area (Å²) >= 11 is 5.94. The minimum absolute atomic E-state index is 0.146. The molecular formula is C29H32ClN3O2. The average molecular weight is 490 g/mol. The van der Waals surface area contributed by atoms with Gasteiger partial charge in [-0.05, 0) is 79.3 Å². The molecule has 0 saturated heterocycles. The number of carbonyl (C=O) groups is 1. The first-order chi connectivity index (χ1) is 16.9. The highest BCUT2D eigenvalue weighted by Crippen LogP contribution is 2.27. The van der Waals surface area contributed by atoms with Crippen molar-refractivity contribution in [1.29, 1.82) is 0 Å². The largest absolute Gasteiger partial charge is 0.493 e. The number of halogens is 1. The van der Waals surface area contributed by atoms with Gasteiger partial charge in [-0.2, -0.15) is 0 Å². The molecule has 3 aromatic carbocycles. The van der Waals surface area contributed by atoms with E-state index in [1.165, 1.54) is 11.1 Å². The predicted octanol–water partition coefficient (Wildman–Crippen LogP) is 6.91. The zero-order valence-electron chi connectivity index (χ0n) is 20.6. The van der Waals surface area contributed by atoms with Crippen molar-refractivity contribution in [2.45, 2.75) is 52.6 Å². The molecule has 1 amide bonds. The van der Waals surface area contributed by atoms with Crippen LogP contribution in [0.5, 0.6) is 5.75 Å². The van der Waals surface area contributed by atoms with Crippen molar-refractivity contribution in [2.75, 3.05) is 6.61 Å². The van der Waals surface area contributed by atoms with E-state index in [1.807, 2.05) is 18.2 Å². The van der Waals surface area contributed by atoms with Crippen LogP contribution in [0.3, 0.4) is 0 Å². The molecule has 0 aliphatic heterocycles. The van der Waals surface area contributed by atoms with Gasteiger partial charge in [0.1, 0.15) is 11.6 Å². The number of para-hydroxylation sites is 2. The number of aromatic nitrogens is 2. The number of amides is 1. The normalized spacial score (nSPS) is 11.2. The maximum absolute atomic E-state index is 12.6. The first-order valence-electron chi connectivity index (χ1n) is 12.1. The minimum atomic E-state index is -0.146. The number of aryl methyl sites for hydroxylation is 2. The Morgan fingerprint density at radius 1 is 1.06 bits per heavy atom. The molecule has 0 saturated carbocycles. The quantitative estimate of drug-likeness (QED) is 0.246. The lowest BCUT2D eigenvalue weighted by Gasteiger charge is -2.15. The molecule has 182 valence electrons. The first kappa shape index (κ1) is 24.8. The smallest absolute Gasteiger partial charge is 0.251 e. The molecule has 0 spiro atoms. The van der Waals surface area contributed by atoms with Gasteiger partial charge in [-0.1, -0.05) is 49.7 Å². The van der Waals surface area contributed by atoms with E-state index in [0.29, 0.717) is 29.7 Å². The Bertz CT molecular complexity index is 1300. The molecule has 1 aromatic heterocycles. The maximum atomic E-state index is 12.6. The molecule has 35 heavy (non-hydrogen) atoms. The van der Waals surface area contributed by atoms with Gasteiger partial charge in [0.25, 0.3) is 5.91 Å². The number of hydrogen-bond acceptors (Lipinski definition) is 3. The second kappa shape index (κ2) is 11.4. The van der Waals surface area contributed by atoms with Gasteiger partial charge in [-0.25, -0.2) is 4.98 Å². The van der Waals surface area contributed by atoms with Crippen molar-refractivity contribution in [2.24, 2.45) is 0 Å². The second-order valence-corrected chi connectivity index (χ2v) is 9.55. The van der Waals surface area contributed by atoms with Gasteiger partial charge in [0.05, 0.1) is 24.2 Å². The van der Waals surface area contributed by atoms with Crippen LogP contribution in [0.1, 0.15) is 59.9 Å². The zero-order chi connectivity index (χ0) is 24.8. The molecular weight excluding hydrogens is 458 g/mol. The standard InChI is InChI=1S/C29H32ClN3O2/c1-20(2)24-15-10-21(3)18-27(24)35-17-7-6-16-33-26-9-5-4-8-25(26)32-28(33)19-31-29(34)22-11-13-23(30)14-12-22/h4-5,8-15,18,20H,6-7,16-17,19H2,1-3H3,(H,31,34). The van der Waals surface area contributed by atoms with Crippen LogP contribution >= 0.6 is 11.6 Å². The SMILES string of the molecule is Cc1ccc(C(C)C)c(OCCCCn2c(CNC(=O)c3ccc(Cl)cc3)nc3ccccc32)c1. The fraction of sp³-hybridized carbons (Fsp3) is 0.310. The van der Waals surface area contributed by atoms with Gasteiger partial charge >= 0.3 is 0 Å². The van der Waals surface area contributed by atoms with E-state index in [4.69, 9.17) is 21.3 Å². The van der Waals surface area contributed by atoms with E-state index < -0.39 is 0 Å². The van der Waals surface area contributed by atoms with Gasteiger partial charge in [0, 0.05) is 17.1 Å². The molecule has 0 bridgehead atoms. The third-order valence-corrected chi connectivity index (χ3v) is 6.32. The number of hydrogen-bond donors (Lipinski definition) is 1. The van der Waals surface area contributed by atoms with Crippen LogP contribution in [0.4, 0.5) is 0 Å². The molecule has 0 aliphatic rings. The van der Waals surface area contributed by atoms with E-state index in [9.17, 15) is 4.79 Å². The summed E-state index contributed by atoms with van der Waals surface area (Å²) < 4.78 is 8.36. The summed E-state index contributed by atoms with van der Waals surface area (Å²) in [7, 11) is 0. The fourth-order valence-electron chi connectivity index (χ4n) is 4.17. The van der Waals surface area contributed by atoms with Gasteiger partial charge in [-0.3, -0.25) is 4.79 Å².